The summed E-state index contributed by atoms with van der Waals surface area (Å²) in [6, 6.07) is 2.80. The van der Waals surface area contributed by atoms with Crippen molar-refractivity contribution in [2.45, 2.75) is 11.5 Å². The number of hydrogen-bond acceptors (Lipinski definition) is 1. The second kappa shape index (κ2) is 4.10. The molecule has 14 heavy (non-hydrogen) atoms. The molecule has 1 aromatic carbocycles. The van der Waals surface area contributed by atoms with Gasteiger partial charge in [0.25, 0.3) is 0 Å². The average molecular weight is 333 g/mol. The monoisotopic (exact) mass is 331 g/mol. The van der Waals surface area contributed by atoms with Crippen LogP contribution in [-0.2, 0) is 11.5 Å². The predicted octanol–water partition coefficient (Wildman–Crippen LogP) is 3.95. The molecule has 0 saturated heterocycles. The topological polar surface area (TPSA) is 26.0 Å². The lowest BCUT2D eigenvalue weighted by molar-refractivity contribution is -0.138. The molecule has 2 N–H and O–H groups in total. The molecule has 0 amide bonds. The standard InChI is InChI=1S/C8H6Br2F3N/c9-3-4-1-2-5(14)7(10)6(4)8(11,12)13/h1-2H,3,14H2. The molecule has 0 fully saturated rings. The van der Waals surface area contributed by atoms with Crippen molar-refractivity contribution in [1.29, 1.82) is 0 Å². The molecule has 0 aromatic heterocycles. The van der Waals surface area contributed by atoms with E-state index in [9.17, 15) is 13.2 Å². The molecule has 0 unspecified atom stereocenters. The Morgan fingerprint density at radius 3 is 2.29 bits per heavy atom. The van der Waals surface area contributed by atoms with E-state index in [1.54, 1.807) is 0 Å². The highest BCUT2D eigenvalue weighted by molar-refractivity contribution is 9.10. The Morgan fingerprint density at radius 1 is 1.29 bits per heavy atom. The van der Waals surface area contributed by atoms with Crippen LogP contribution in [0.4, 0.5) is 18.9 Å². The maximum Gasteiger partial charge on any atom is 0.417 e. The van der Waals surface area contributed by atoms with Gasteiger partial charge in [0, 0.05) is 11.0 Å². The van der Waals surface area contributed by atoms with Gasteiger partial charge in [-0.3, -0.25) is 0 Å². The zero-order valence-electron chi connectivity index (χ0n) is 6.83. The molecule has 1 aromatic rings. The summed E-state index contributed by atoms with van der Waals surface area (Å²) >= 11 is 5.84. The smallest absolute Gasteiger partial charge is 0.398 e. The van der Waals surface area contributed by atoms with E-state index in [1.165, 1.54) is 12.1 Å². The summed E-state index contributed by atoms with van der Waals surface area (Å²) in [7, 11) is 0. The summed E-state index contributed by atoms with van der Waals surface area (Å²) in [6.07, 6.45) is -4.39. The molecule has 0 aliphatic heterocycles. The van der Waals surface area contributed by atoms with Crippen LogP contribution in [0.1, 0.15) is 11.1 Å². The van der Waals surface area contributed by atoms with Gasteiger partial charge in [0.1, 0.15) is 0 Å². The molecule has 1 nitrogen and oxygen atoms in total. The van der Waals surface area contributed by atoms with Crippen molar-refractivity contribution in [1.82, 2.24) is 0 Å². The van der Waals surface area contributed by atoms with Crippen LogP contribution in [0.5, 0.6) is 0 Å². The van der Waals surface area contributed by atoms with Crippen molar-refractivity contribution < 1.29 is 13.2 Å². The molecular formula is C8H6Br2F3N. The first-order valence-electron chi connectivity index (χ1n) is 3.58. The van der Waals surface area contributed by atoms with E-state index in [0.29, 0.717) is 0 Å². The first-order valence-corrected chi connectivity index (χ1v) is 5.49. The normalized spacial score (nSPS) is 11.8. The third kappa shape index (κ3) is 2.23. The lowest BCUT2D eigenvalue weighted by Crippen LogP contribution is -2.10. The summed E-state index contributed by atoms with van der Waals surface area (Å²) < 4.78 is 37.6. The van der Waals surface area contributed by atoms with E-state index >= 15 is 0 Å². The Morgan fingerprint density at radius 2 is 1.86 bits per heavy atom. The molecule has 6 heteroatoms. The molecule has 0 bridgehead atoms. The number of alkyl halides is 4. The molecule has 0 aliphatic rings. The number of rotatable bonds is 1. The van der Waals surface area contributed by atoms with Gasteiger partial charge in [0.2, 0.25) is 0 Å². The van der Waals surface area contributed by atoms with Crippen molar-refractivity contribution in [2.24, 2.45) is 0 Å². The van der Waals surface area contributed by atoms with Crippen LogP contribution in [0.3, 0.4) is 0 Å². The summed E-state index contributed by atoms with van der Waals surface area (Å²) in [4.78, 5) is 0. The fraction of sp³-hybridized carbons (Fsp3) is 0.250. The van der Waals surface area contributed by atoms with E-state index in [4.69, 9.17) is 5.73 Å². The molecular weight excluding hydrogens is 327 g/mol. The van der Waals surface area contributed by atoms with Gasteiger partial charge in [-0.25, -0.2) is 0 Å². The number of nitrogen functional groups attached to an aromatic ring is 1. The number of nitrogens with two attached hydrogens (primary N) is 1. The SMILES string of the molecule is Nc1ccc(CBr)c(C(F)(F)F)c1Br. The van der Waals surface area contributed by atoms with Crippen molar-refractivity contribution in [3.8, 4) is 0 Å². The van der Waals surface area contributed by atoms with Gasteiger partial charge in [0.05, 0.1) is 10.0 Å². The molecule has 1 rings (SSSR count). The zero-order valence-corrected chi connectivity index (χ0v) is 10.0. The molecule has 0 saturated carbocycles. The Labute approximate surface area is 95.7 Å². The Kier molecular flexibility index (Phi) is 3.47. The van der Waals surface area contributed by atoms with Gasteiger partial charge in [-0.2, -0.15) is 13.2 Å². The first-order chi connectivity index (χ1) is 6.38. The fourth-order valence-electron chi connectivity index (χ4n) is 1.05. The first kappa shape index (κ1) is 11.8. The minimum atomic E-state index is -4.39. The van der Waals surface area contributed by atoms with Crippen molar-refractivity contribution in [3.05, 3.63) is 27.7 Å². The molecule has 0 atom stereocenters. The van der Waals surface area contributed by atoms with E-state index in [1.807, 2.05) is 0 Å². The van der Waals surface area contributed by atoms with E-state index in [2.05, 4.69) is 31.9 Å². The van der Waals surface area contributed by atoms with Crippen LogP contribution < -0.4 is 5.73 Å². The van der Waals surface area contributed by atoms with Gasteiger partial charge < -0.3 is 5.73 Å². The number of hydrogen-bond donors (Lipinski definition) is 1. The minimum Gasteiger partial charge on any atom is -0.398 e. The molecule has 0 spiro atoms. The Balaban J connectivity index is 3.44. The van der Waals surface area contributed by atoms with Crippen LogP contribution in [0.2, 0.25) is 0 Å². The van der Waals surface area contributed by atoms with Crippen LogP contribution in [-0.4, -0.2) is 0 Å². The highest BCUT2D eigenvalue weighted by atomic mass is 79.9. The summed E-state index contributed by atoms with van der Waals surface area (Å²) in [5, 5.41) is 0.140. The van der Waals surface area contributed by atoms with Crippen LogP contribution in [0, 0.1) is 0 Å². The van der Waals surface area contributed by atoms with Gasteiger partial charge >= 0.3 is 6.18 Å². The molecule has 0 aliphatic carbocycles. The van der Waals surface area contributed by atoms with Gasteiger partial charge in [-0.15, -0.1) is 0 Å². The number of anilines is 1. The van der Waals surface area contributed by atoms with Crippen LogP contribution in [0.15, 0.2) is 16.6 Å². The van der Waals surface area contributed by atoms with Crippen molar-refractivity contribution in [3.63, 3.8) is 0 Å². The lowest BCUT2D eigenvalue weighted by Gasteiger charge is -2.14. The van der Waals surface area contributed by atoms with Gasteiger partial charge in [0.15, 0.2) is 0 Å². The number of benzene rings is 1. The fourth-order valence-corrected chi connectivity index (χ4v) is 2.13. The molecule has 0 radical (unpaired) electrons. The van der Waals surface area contributed by atoms with Crippen molar-refractivity contribution in [2.75, 3.05) is 5.73 Å². The van der Waals surface area contributed by atoms with Crippen LogP contribution >= 0.6 is 31.9 Å². The van der Waals surface area contributed by atoms with E-state index in [-0.39, 0.29) is 21.1 Å². The summed E-state index contributed by atoms with van der Waals surface area (Å²) in [5.74, 6) is 0. The largest absolute Gasteiger partial charge is 0.417 e. The third-order valence-corrected chi connectivity index (χ3v) is 3.14. The Hall–Kier alpha value is -0.230. The quantitative estimate of drug-likeness (QED) is 0.611. The highest BCUT2D eigenvalue weighted by Gasteiger charge is 2.36. The molecule has 0 heterocycles. The summed E-state index contributed by atoms with van der Waals surface area (Å²) in [6.45, 7) is 0. The van der Waals surface area contributed by atoms with Crippen molar-refractivity contribution >= 4 is 37.5 Å². The van der Waals surface area contributed by atoms with Gasteiger partial charge in [-0.05, 0) is 27.6 Å². The van der Waals surface area contributed by atoms with E-state index < -0.39 is 11.7 Å². The number of halogens is 5. The van der Waals surface area contributed by atoms with Gasteiger partial charge in [-0.1, -0.05) is 22.0 Å². The predicted molar refractivity (Wildman–Crippen MR) is 56.2 cm³/mol. The molecule has 78 valence electrons. The second-order valence-corrected chi connectivity index (χ2v) is 3.99. The zero-order chi connectivity index (χ0) is 10.9. The highest BCUT2D eigenvalue weighted by Crippen LogP contribution is 2.40. The van der Waals surface area contributed by atoms with Crippen LogP contribution in [0.25, 0.3) is 0 Å². The minimum absolute atomic E-state index is 0.0852. The second-order valence-electron chi connectivity index (χ2n) is 2.63. The summed E-state index contributed by atoms with van der Waals surface area (Å²) in [5.41, 5.74) is 4.92. The maximum atomic E-state index is 12.6. The maximum absolute atomic E-state index is 12.6. The Bertz CT molecular complexity index is 349. The average Bonchev–Trinajstić information content (AvgIpc) is 2.07. The van der Waals surface area contributed by atoms with E-state index in [0.717, 1.165) is 0 Å². The third-order valence-electron chi connectivity index (χ3n) is 1.69. The lowest BCUT2D eigenvalue weighted by atomic mass is 10.1.